The molecule has 0 aliphatic carbocycles. The lowest BCUT2D eigenvalue weighted by atomic mass is 10.1. The third-order valence-electron chi connectivity index (χ3n) is 4.28. The van der Waals surface area contributed by atoms with E-state index in [1.54, 1.807) is 6.20 Å². The summed E-state index contributed by atoms with van der Waals surface area (Å²) < 4.78 is 5.32. The molecule has 1 fully saturated rings. The van der Waals surface area contributed by atoms with Crippen molar-refractivity contribution >= 4 is 5.82 Å². The molecule has 0 saturated carbocycles. The van der Waals surface area contributed by atoms with Crippen molar-refractivity contribution in [1.29, 1.82) is 0 Å². The second-order valence-corrected chi connectivity index (χ2v) is 6.00. The Labute approximate surface area is 140 Å². The molecule has 1 N–H and O–H groups in total. The number of hydrogen-bond acceptors (Lipinski definition) is 6. The molecule has 4 rings (SSSR count). The predicted molar refractivity (Wildman–Crippen MR) is 89.6 cm³/mol. The molecule has 3 aromatic heterocycles. The Bertz CT molecular complexity index is 759. The van der Waals surface area contributed by atoms with Crippen LogP contribution in [0.5, 0.6) is 0 Å². The highest BCUT2D eigenvalue weighted by Gasteiger charge is 2.14. The van der Waals surface area contributed by atoms with Crippen LogP contribution >= 0.6 is 0 Å². The number of aromatic nitrogens is 5. The number of aryl methyl sites for hydroxylation is 2. The monoisotopic (exact) mass is 324 g/mol. The quantitative estimate of drug-likeness (QED) is 0.777. The van der Waals surface area contributed by atoms with E-state index in [0.29, 0.717) is 18.1 Å². The van der Waals surface area contributed by atoms with Crippen LogP contribution in [-0.4, -0.2) is 38.2 Å². The minimum absolute atomic E-state index is 0.585. The molecule has 0 spiro atoms. The number of piperidine rings is 1. The van der Waals surface area contributed by atoms with Crippen LogP contribution in [0.15, 0.2) is 35.2 Å². The first-order valence-corrected chi connectivity index (χ1v) is 8.41. The zero-order valence-electron chi connectivity index (χ0n) is 13.5. The van der Waals surface area contributed by atoms with Crippen LogP contribution in [0, 0.1) is 0 Å². The molecule has 1 saturated heterocycles. The highest BCUT2D eigenvalue weighted by atomic mass is 16.5. The van der Waals surface area contributed by atoms with Crippen LogP contribution in [0.25, 0.3) is 11.4 Å². The fraction of sp³-hybridized carbons (Fsp3) is 0.412. The molecule has 7 nitrogen and oxygen atoms in total. The van der Waals surface area contributed by atoms with E-state index in [9.17, 15) is 0 Å². The number of nitrogens with zero attached hydrogens (tertiary/aromatic N) is 5. The van der Waals surface area contributed by atoms with Crippen molar-refractivity contribution in [2.24, 2.45) is 0 Å². The molecule has 1 aliphatic heterocycles. The summed E-state index contributed by atoms with van der Waals surface area (Å²) >= 11 is 0. The fourth-order valence-electron chi connectivity index (χ4n) is 2.96. The fourth-order valence-corrected chi connectivity index (χ4v) is 2.96. The molecule has 1 aliphatic rings. The first-order valence-electron chi connectivity index (χ1n) is 8.41. The molecular weight excluding hydrogens is 304 g/mol. The summed E-state index contributed by atoms with van der Waals surface area (Å²) in [7, 11) is 0. The van der Waals surface area contributed by atoms with Crippen molar-refractivity contribution in [2.45, 2.75) is 32.1 Å². The van der Waals surface area contributed by atoms with Crippen LogP contribution in [0.4, 0.5) is 5.82 Å². The third-order valence-corrected chi connectivity index (χ3v) is 4.28. The number of rotatable bonds is 5. The SMILES string of the molecule is c1c[nH]c(CCc2nc(-c3ccc(N4CCCCC4)nc3)no2)n1. The molecule has 0 radical (unpaired) electrons. The number of imidazole rings is 1. The standard InChI is InChI=1S/C17H20N6O/c1-2-10-23(11-3-1)15-6-4-13(12-20-15)17-21-16(24-22-17)7-5-14-18-8-9-19-14/h4,6,8-9,12H,1-3,5,7,10-11H2,(H,18,19). The Morgan fingerprint density at radius 3 is 2.75 bits per heavy atom. The van der Waals surface area contributed by atoms with Gasteiger partial charge in [0.2, 0.25) is 11.7 Å². The normalized spacial score (nSPS) is 14.9. The summed E-state index contributed by atoms with van der Waals surface area (Å²) in [5.74, 6) is 3.14. The van der Waals surface area contributed by atoms with Gasteiger partial charge in [0, 0.05) is 50.1 Å². The van der Waals surface area contributed by atoms with Gasteiger partial charge < -0.3 is 14.4 Å². The molecule has 0 amide bonds. The van der Waals surface area contributed by atoms with Crippen molar-refractivity contribution in [3.05, 3.63) is 42.4 Å². The first kappa shape index (κ1) is 14.9. The summed E-state index contributed by atoms with van der Waals surface area (Å²) in [6.45, 7) is 2.18. The topological polar surface area (TPSA) is 83.7 Å². The highest BCUT2D eigenvalue weighted by Crippen LogP contribution is 2.21. The van der Waals surface area contributed by atoms with Crippen molar-refractivity contribution in [3.63, 3.8) is 0 Å². The molecule has 4 heterocycles. The van der Waals surface area contributed by atoms with Crippen LogP contribution in [0.1, 0.15) is 31.0 Å². The van der Waals surface area contributed by atoms with Gasteiger partial charge in [0.1, 0.15) is 11.6 Å². The van der Waals surface area contributed by atoms with Gasteiger partial charge in [-0.3, -0.25) is 0 Å². The number of H-pyrrole nitrogens is 1. The van der Waals surface area contributed by atoms with E-state index >= 15 is 0 Å². The van der Waals surface area contributed by atoms with Gasteiger partial charge in [0.05, 0.1) is 0 Å². The molecule has 24 heavy (non-hydrogen) atoms. The maximum Gasteiger partial charge on any atom is 0.227 e. The Morgan fingerprint density at radius 1 is 1.08 bits per heavy atom. The Balaban J connectivity index is 1.42. The lowest BCUT2D eigenvalue weighted by Crippen LogP contribution is -2.29. The van der Waals surface area contributed by atoms with Crippen molar-refractivity contribution < 1.29 is 4.52 Å². The summed E-state index contributed by atoms with van der Waals surface area (Å²) in [5, 5.41) is 4.06. The molecule has 0 bridgehead atoms. The molecular formula is C17H20N6O. The van der Waals surface area contributed by atoms with Gasteiger partial charge >= 0.3 is 0 Å². The first-order chi connectivity index (χ1) is 11.9. The Kier molecular flexibility index (Phi) is 4.22. The van der Waals surface area contributed by atoms with Crippen molar-refractivity contribution in [2.75, 3.05) is 18.0 Å². The summed E-state index contributed by atoms with van der Waals surface area (Å²) in [6, 6.07) is 4.05. The summed E-state index contributed by atoms with van der Waals surface area (Å²) in [5.41, 5.74) is 0.878. The van der Waals surface area contributed by atoms with Gasteiger partial charge in [0.15, 0.2) is 0 Å². The Morgan fingerprint density at radius 2 is 2.00 bits per heavy atom. The van der Waals surface area contributed by atoms with Crippen molar-refractivity contribution in [1.82, 2.24) is 25.1 Å². The molecule has 0 atom stereocenters. The van der Waals surface area contributed by atoms with E-state index < -0.39 is 0 Å². The van der Waals surface area contributed by atoms with E-state index in [1.807, 2.05) is 24.5 Å². The van der Waals surface area contributed by atoms with Gasteiger partial charge in [-0.15, -0.1) is 0 Å². The van der Waals surface area contributed by atoms with E-state index in [0.717, 1.165) is 36.7 Å². The molecule has 124 valence electrons. The number of anilines is 1. The van der Waals surface area contributed by atoms with Gasteiger partial charge in [-0.1, -0.05) is 5.16 Å². The Hall–Kier alpha value is -2.70. The van der Waals surface area contributed by atoms with E-state index in [4.69, 9.17) is 4.52 Å². The van der Waals surface area contributed by atoms with Gasteiger partial charge in [-0.2, -0.15) is 4.98 Å². The smallest absolute Gasteiger partial charge is 0.227 e. The number of pyridine rings is 1. The molecule has 3 aromatic rings. The minimum Gasteiger partial charge on any atom is -0.357 e. The lowest BCUT2D eigenvalue weighted by molar-refractivity contribution is 0.378. The largest absolute Gasteiger partial charge is 0.357 e. The van der Waals surface area contributed by atoms with Crippen LogP contribution in [-0.2, 0) is 12.8 Å². The number of nitrogens with one attached hydrogen (secondary N) is 1. The van der Waals surface area contributed by atoms with E-state index in [2.05, 4.69) is 30.0 Å². The van der Waals surface area contributed by atoms with Gasteiger partial charge in [-0.05, 0) is 31.4 Å². The van der Waals surface area contributed by atoms with Crippen LogP contribution in [0.2, 0.25) is 0 Å². The number of hydrogen-bond donors (Lipinski definition) is 1. The predicted octanol–water partition coefficient (Wildman–Crippen LogP) is 2.63. The summed E-state index contributed by atoms with van der Waals surface area (Å²) in [4.78, 5) is 18.6. The molecule has 7 heteroatoms. The lowest BCUT2D eigenvalue weighted by Gasteiger charge is -2.27. The molecule has 0 unspecified atom stereocenters. The summed E-state index contributed by atoms with van der Waals surface area (Å²) in [6.07, 6.45) is 10.6. The maximum atomic E-state index is 5.32. The van der Waals surface area contributed by atoms with E-state index in [-0.39, 0.29) is 0 Å². The zero-order valence-corrected chi connectivity index (χ0v) is 13.5. The van der Waals surface area contributed by atoms with Gasteiger partial charge in [-0.25, -0.2) is 9.97 Å². The van der Waals surface area contributed by atoms with Crippen LogP contribution < -0.4 is 4.90 Å². The highest BCUT2D eigenvalue weighted by molar-refractivity contribution is 5.55. The third kappa shape index (κ3) is 3.29. The average Bonchev–Trinajstić information content (AvgIpc) is 3.33. The van der Waals surface area contributed by atoms with Gasteiger partial charge in [0.25, 0.3) is 0 Å². The zero-order chi connectivity index (χ0) is 16.2. The second-order valence-electron chi connectivity index (χ2n) is 6.00. The number of aromatic amines is 1. The maximum absolute atomic E-state index is 5.32. The van der Waals surface area contributed by atoms with Crippen molar-refractivity contribution in [3.8, 4) is 11.4 Å². The average molecular weight is 324 g/mol. The minimum atomic E-state index is 0.585. The van der Waals surface area contributed by atoms with Crippen LogP contribution in [0.3, 0.4) is 0 Å². The second kappa shape index (κ2) is 6.82. The molecule has 0 aromatic carbocycles. The van der Waals surface area contributed by atoms with E-state index in [1.165, 1.54) is 19.3 Å².